The van der Waals surface area contributed by atoms with Crippen molar-refractivity contribution in [3.05, 3.63) is 53.7 Å². The lowest BCUT2D eigenvalue weighted by Gasteiger charge is -2.20. The molecule has 1 saturated heterocycles. The fourth-order valence-corrected chi connectivity index (χ4v) is 2.44. The van der Waals surface area contributed by atoms with E-state index in [0.717, 1.165) is 12.1 Å². The maximum absolute atomic E-state index is 13.4. The Morgan fingerprint density at radius 1 is 1.26 bits per heavy atom. The monoisotopic (exact) mass is 320 g/mol. The molecule has 1 aliphatic heterocycles. The lowest BCUT2D eigenvalue weighted by Crippen LogP contribution is -2.39. The maximum Gasteiger partial charge on any atom is 0.320 e. The average Bonchev–Trinajstić information content (AvgIpc) is 2.99. The van der Waals surface area contributed by atoms with E-state index in [9.17, 15) is 13.6 Å². The van der Waals surface area contributed by atoms with Crippen LogP contribution in [0.3, 0.4) is 0 Å². The topological polar surface area (TPSA) is 76.1 Å². The van der Waals surface area contributed by atoms with Gasteiger partial charge in [0.1, 0.15) is 6.10 Å². The van der Waals surface area contributed by atoms with Crippen molar-refractivity contribution in [2.24, 2.45) is 0 Å². The first-order valence-corrected chi connectivity index (χ1v) is 7.05. The van der Waals surface area contributed by atoms with Crippen molar-refractivity contribution < 1.29 is 18.3 Å². The van der Waals surface area contributed by atoms with E-state index >= 15 is 0 Å². The first-order chi connectivity index (χ1) is 11.1. The van der Waals surface area contributed by atoms with Crippen LogP contribution in [-0.4, -0.2) is 28.9 Å². The number of hydrogen-bond acceptors (Lipinski definition) is 4. The Balaban J connectivity index is 1.67. The molecule has 1 aromatic heterocycles. The summed E-state index contributed by atoms with van der Waals surface area (Å²) in [6.45, 7) is 0.416. The number of nitrogens with zero attached hydrogens (tertiary/aromatic N) is 2. The molecule has 1 aromatic carbocycles. The largest absolute Gasteiger partial charge is 0.371 e. The molecule has 2 amide bonds. The van der Waals surface area contributed by atoms with Crippen LogP contribution < -0.4 is 10.6 Å². The number of urea groups is 1. The highest BCUT2D eigenvalue weighted by Gasteiger charge is 2.31. The van der Waals surface area contributed by atoms with E-state index in [1.165, 1.54) is 12.3 Å². The van der Waals surface area contributed by atoms with Gasteiger partial charge in [0.25, 0.3) is 0 Å². The highest BCUT2D eigenvalue weighted by molar-refractivity contribution is 5.88. The summed E-state index contributed by atoms with van der Waals surface area (Å²) in [5.41, 5.74) is 0.478. The van der Waals surface area contributed by atoms with Gasteiger partial charge in [0.05, 0.1) is 6.04 Å². The number of carbonyl (C=O) groups excluding carboxylic acids is 1. The van der Waals surface area contributed by atoms with Crippen molar-refractivity contribution in [2.45, 2.75) is 18.6 Å². The van der Waals surface area contributed by atoms with Gasteiger partial charge in [-0.15, -0.1) is 5.10 Å². The Bertz CT molecular complexity index is 699. The SMILES string of the molecule is O=C(Nc1cccnn1)N[C@H]1CCO[C@@H]1c1ccc(F)c(F)c1. The molecule has 8 heteroatoms. The molecule has 6 nitrogen and oxygen atoms in total. The fourth-order valence-electron chi connectivity index (χ4n) is 2.44. The zero-order chi connectivity index (χ0) is 16.2. The molecule has 0 saturated carbocycles. The predicted molar refractivity (Wildman–Crippen MR) is 77.6 cm³/mol. The Morgan fingerprint density at radius 3 is 2.87 bits per heavy atom. The molecule has 23 heavy (non-hydrogen) atoms. The lowest BCUT2D eigenvalue weighted by atomic mass is 10.0. The van der Waals surface area contributed by atoms with Crippen LogP contribution in [0.25, 0.3) is 0 Å². The predicted octanol–water partition coefficient (Wildman–Crippen LogP) is 2.41. The number of ether oxygens (including phenoxy) is 1. The van der Waals surface area contributed by atoms with Crippen LogP contribution in [0.4, 0.5) is 19.4 Å². The van der Waals surface area contributed by atoms with Crippen molar-refractivity contribution in [2.75, 3.05) is 11.9 Å². The smallest absolute Gasteiger partial charge is 0.320 e. The number of aromatic nitrogens is 2. The van der Waals surface area contributed by atoms with E-state index in [1.54, 1.807) is 12.1 Å². The minimum absolute atomic E-state index is 0.313. The number of benzene rings is 1. The quantitative estimate of drug-likeness (QED) is 0.910. The van der Waals surface area contributed by atoms with Crippen LogP contribution in [0.2, 0.25) is 0 Å². The molecule has 1 aliphatic rings. The van der Waals surface area contributed by atoms with Gasteiger partial charge in [0.15, 0.2) is 17.5 Å². The van der Waals surface area contributed by atoms with Gasteiger partial charge in [-0.25, -0.2) is 13.6 Å². The third-order valence-electron chi connectivity index (χ3n) is 3.49. The first kappa shape index (κ1) is 15.3. The second kappa shape index (κ2) is 6.66. The van der Waals surface area contributed by atoms with Gasteiger partial charge in [-0.1, -0.05) is 6.07 Å². The molecule has 0 radical (unpaired) electrons. The maximum atomic E-state index is 13.4. The summed E-state index contributed by atoms with van der Waals surface area (Å²) in [5, 5.41) is 12.7. The number of nitrogens with one attached hydrogen (secondary N) is 2. The van der Waals surface area contributed by atoms with Crippen molar-refractivity contribution in [3.63, 3.8) is 0 Å². The minimum atomic E-state index is -0.944. The van der Waals surface area contributed by atoms with Gasteiger partial charge in [0.2, 0.25) is 0 Å². The Morgan fingerprint density at radius 2 is 2.13 bits per heavy atom. The summed E-state index contributed by atoms with van der Waals surface area (Å²) < 4.78 is 31.9. The van der Waals surface area contributed by atoms with E-state index in [1.807, 2.05) is 0 Å². The van der Waals surface area contributed by atoms with Gasteiger partial charge in [-0.3, -0.25) is 5.32 Å². The molecule has 3 rings (SSSR count). The molecule has 0 unspecified atom stereocenters. The number of anilines is 1. The molecule has 2 heterocycles. The van der Waals surface area contributed by atoms with Crippen molar-refractivity contribution in [1.29, 1.82) is 0 Å². The molecule has 2 N–H and O–H groups in total. The molecule has 0 spiro atoms. The van der Waals surface area contributed by atoms with E-state index < -0.39 is 23.8 Å². The number of amides is 2. The highest BCUT2D eigenvalue weighted by atomic mass is 19.2. The molecule has 2 atom stereocenters. The van der Waals surface area contributed by atoms with Crippen LogP contribution >= 0.6 is 0 Å². The van der Waals surface area contributed by atoms with Gasteiger partial charge in [0, 0.05) is 12.8 Å². The van der Waals surface area contributed by atoms with E-state index in [2.05, 4.69) is 20.8 Å². The van der Waals surface area contributed by atoms with Crippen LogP contribution in [0.5, 0.6) is 0 Å². The Kier molecular flexibility index (Phi) is 4.42. The van der Waals surface area contributed by atoms with Crippen molar-refractivity contribution in [1.82, 2.24) is 15.5 Å². The third-order valence-corrected chi connectivity index (χ3v) is 3.49. The van der Waals surface area contributed by atoms with E-state index in [0.29, 0.717) is 24.4 Å². The van der Waals surface area contributed by atoms with E-state index in [-0.39, 0.29) is 6.04 Å². The normalized spacial score (nSPS) is 20.3. The van der Waals surface area contributed by atoms with Crippen LogP contribution in [0, 0.1) is 11.6 Å². The number of carbonyl (C=O) groups is 1. The molecular formula is C15H14F2N4O2. The number of rotatable bonds is 3. The van der Waals surface area contributed by atoms with Crippen LogP contribution in [0.15, 0.2) is 36.5 Å². The lowest BCUT2D eigenvalue weighted by molar-refractivity contribution is 0.100. The highest BCUT2D eigenvalue weighted by Crippen LogP contribution is 2.30. The first-order valence-electron chi connectivity index (χ1n) is 7.05. The van der Waals surface area contributed by atoms with Gasteiger partial charge in [-0.2, -0.15) is 5.10 Å². The second-order valence-electron chi connectivity index (χ2n) is 5.07. The summed E-state index contributed by atoms with van der Waals surface area (Å²) in [6, 6.07) is 6.01. The number of hydrogen-bond donors (Lipinski definition) is 2. The van der Waals surface area contributed by atoms with Crippen molar-refractivity contribution >= 4 is 11.8 Å². The standard InChI is InChI=1S/C15H14F2N4O2/c16-10-4-3-9(8-11(10)17)14-12(5-7-23-14)19-15(22)20-13-2-1-6-18-21-13/h1-4,6,8,12,14H,5,7H2,(H2,19,20,21,22)/t12-,14+/m0/s1. The summed E-state index contributed by atoms with van der Waals surface area (Å²) in [5.74, 6) is -1.55. The molecule has 0 bridgehead atoms. The molecule has 0 aliphatic carbocycles. The Hall–Kier alpha value is -2.61. The molecule has 120 valence electrons. The summed E-state index contributed by atoms with van der Waals surface area (Å²) >= 11 is 0. The zero-order valence-corrected chi connectivity index (χ0v) is 12.0. The Labute approximate surface area is 130 Å². The van der Waals surface area contributed by atoms with Crippen molar-refractivity contribution in [3.8, 4) is 0 Å². The van der Waals surface area contributed by atoms with Crippen LogP contribution in [-0.2, 0) is 4.74 Å². The minimum Gasteiger partial charge on any atom is -0.371 e. The molecule has 2 aromatic rings. The van der Waals surface area contributed by atoms with Gasteiger partial charge < -0.3 is 10.1 Å². The third kappa shape index (κ3) is 3.59. The second-order valence-corrected chi connectivity index (χ2v) is 5.07. The van der Waals surface area contributed by atoms with E-state index in [4.69, 9.17) is 4.74 Å². The zero-order valence-electron chi connectivity index (χ0n) is 12.0. The summed E-state index contributed by atoms with van der Waals surface area (Å²) in [6.07, 6.45) is 1.53. The summed E-state index contributed by atoms with van der Waals surface area (Å²) in [7, 11) is 0. The average molecular weight is 320 g/mol. The van der Waals surface area contributed by atoms with Crippen LogP contribution in [0.1, 0.15) is 18.1 Å². The molecular weight excluding hydrogens is 306 g/mol. The molecule has 1 fully saturated rings. The fraction of sp³-hybridized carbons (Fsp3) is 0.267. The summed E-state index contributed by atoms with van der Waals surface area (Å²) in [4.78, 5) is 12.0. The van der Waals surface area contributed by atoms with Gasteiger partial charge in [-0.05, 0) is 36.2 Å². The van der Waals surface area contributed by atoms with Gasteiger partial charge >= 0.3 is 6.03 Å². The number of halogens is 2.